The molecule has 1 aromatic heterocycles. The predicted molar refractivity (Wildman–Crippen MR) is 71.7 cm³/mol. The molecule has 1 heterocycles. The Morgan fingerprint density at radius 1 is 1.42 bits per heavy atom. The number of anilines is 1. The molecule has 100 valence electrons. The van der Waals surface area contributed by atoms with E-state index in [4.69, 9.17) is 10.5 Å². The van der Waals surface area contributed by atoms with E-state index in [1.807, 2.05) is 29.8 Å². The van der Waals surface area contributed by atoms with E-state index in [9.17, 15) is 0 Å². The Labute approximate surface area is 111 Å². The summed E-state index contributed by atoms with van der Waals surface area (Å²) in [6.07, 6.45) is 3.53. The number of ether oxygens (including phenoxy) is 1. The van der Waals surface area contributed by atoms with Gasteiger partial charge < -0.3 is 10.5 Å². The molecule has 0 unspecified atom stereocenters. The Morgan fingerprint density at radius 3 is 2.89 bits per heavy atom. The third kappa shape index (κ3) is 2.14. The van der Waals surface area contributed by atoms with Gasteiger partial charge in [0.1, 0.15) is 5.75 Å². The van der Waals surface area contributed by atoms with Crippen LogP contribution in [0.5, 0.6) is 5.75 Å². The molecule has 0 aliphatic heterocycles. The molecule has 19 heavy (non-hydrogen) atoms. The standard InChI is InChI=1S/C13H17N5O/c1-2-19-12-7-6-9(8-11(12)14)13-15-16-17-18(13)10-4-3-5-10/h6-8,10H,2-5,14H2,1H3. The molecule has 0 saturated heterocycles. The number of aromatic nitrogens is 4. The van der Waals surface area contributed by atoms with Crippen molar-refractivity contribution in [1.82, 2.24) is 20.2 Å². The van der Waals surface area contributed by atoms with Gasteiger partial charge in [-0.25, -0.2) is 4.68 Å². The van der Waals surface area contributed by atoms with Gasteiger partial charge in [-0.2, -0.15) is 0 Å². The van der Waals surface area contributed by atoms with Crippen LogP contribution in [-0.2, 0) is 0 Å². The predicted octanol–water partition coefficient (Wildman–Crippen LogP) is 2.05. The average Bonchev–Trinajstić information content (AvgIpc) is 2.79. The Balaban J connectivity index is 1.93. The second-order valence-electron chi connectivity index (χ2n) is 4.72. The maximum absolute atomic E-state index is 5.98. The fourth-order valence-electron chi connectivity index (χ4n) is 2.24. The van der Waals surface area contributed by atoms with E-state index in [0.717, 1.165) is 24.2 Å². The van der Waals surface area contributed by atoms with Crippen molar-refractivity contribution in [3.8, 4) is 17.1 Å². The Hall–Kier alpha value is -2.11. The highest BCUT2D eigenvalue weighted by molar-refractivity contribution is 5.66. The molecular formula is C13H17N5O. The SMILES string of the molecule is CCOc1ccc(-c2nnnn2C2CCC2)cc1N. The fourth-order valence-corrected chi connectivity index (χ4v) is 2.24. The van der Waals surface area contributed by atoms with E-state index in [2.05, 4.69) is 15.5 Å². The molecule has 1 aliphatic rings. The van der Waals surface area contributed by atoms with Gasteiger partial charge in [0.15, 0.2) is 5.82 Å². The first-order chi connectivity index (χ1) is 9.29. The summed E-state index contributed by atoms with van der Waals surface area (Å²) in [5.41, 5.74) is 7.53. The van der Waals surface area contributed by atoms with Gasteiger partial charge in [-0.05, 0) is 54.8 Å². The van der Waals surface area contributed by atoms with Crippen LogP contribution in [0.3, 0.4) is 0 Å². The van der Waals surface area contributed by atoms with E-state index < -0.39 is 0 Å². The third-order valence-electron chi connectivity index (χ3n) is 3.48. The molecule has 6 nitrogen and oxygen atoms in total. The van der Waals surface area contributed by atoms with Crippen molar-refractivity contribution in [1.29, 1.82) is 0 Å². The lowest BCUT2D eigenvalue weighted by molar-refractivity contribution is 0.287. The van der Waals surface area contributed by atoms with Gasteiger partial charge in [0, 0.05) is 5.56 Å². The molecule has 1 aliphatic carbocycles. The average molecular weight is 259 g/mol. The van der Waals surface area contributed by atoms with Gasteiger partial charge in [0.2, 0.25) is 0 Å². The van der Waals surface area contributed by atoms with Crippen molar-refractivity contribution >= 4 is 5.69 Å². The summed E-state index contributed by atoms with van der Waals surface area (Å²) in [6.45, 7) is 2.54. The summed E-state index contributed by atoms with van der Waals surface area (Å²) in [6, 6.07) is 6.11. The summed E-state index contributed by atoms with van der Waals surface area (Å²) in [7, 11) is 0. The van der Waals surface area contributed by atoms with Crippen molar-refractivity contribution in [3.63, 3.8) is 0 Å². The van der Waals surface area contributed by atoms with Crippen molar-refractivity contribution in [2.45, 2.75) is 32.2 Å². The summed E-state index contributed by atoms with van der Waals surface area (Å²) in [5.74, 6) is 1.48. The molecule has 0 spiro atoms. The lowest BCUT2D eigenvalue weighted by Gasteiger charge is -2.25. The maximum Gasteiger partial charge on any atom is 0.182 e. The van der Waals surface area contributed by atoms with Crippen LogP contribution in [0.2, 0.25) is 0 Å². The largest absolute Gasteiger partial charge is 0.492 e. The minimum Gasteiger partial charge on any atom is -0.492 e. The van der Waals surface area contributed by atoms with Gasteiger partial charge in [-0.3, -0.25) is 0 Å². The molecular weight excluding hydrogens is 242 g/mol. The van der Waals surface area contributed by atoms with Crippen LogP contribution in [0.25, 0.3) is 11.4 Å². The summed E-state index contributed by atoms with van der Waals surface area (Å²) in [5, 5.41) is 12.0. The van der Waals surface area contributed by atoms with E-state index >= 15 is 0 Å². The van der Waals surface area contributed by atoms with Gasteiger partial charge >= 0.3 is 0 Å². The molecule has 0 radical (unpaired) electrons. The topological polar surface area (TPSA) is 78.9 Å². The lowest BCUT2D eigenvalue weighted by atomic mass is 9.93. The van der Waals surface area contributed by atoms with Gasteiger partial charge in [0.05, 0.1) is 18.3 Å². The van der Waals surface area contributed by atoms with Crippen molar-refractivity contribution in [2.75, 3.05) is 12.3 Å². The van der Waals surface area contributed by atoms with E-state index in [1.165, 1.54) is 6.42 Å². The van der Waals surface area contributed by atoms with Crippen LogP contribution >= 0.6 is 0 Å². The zero-order valence-electron chi connectivity index (χ0n) is 10.9. The van der Waals surface area contributed by atoms with Crippen molar-refractivity contribution in [2.24, 2.45) is 0 Å². The Bertz CT molecular complexity index is 576. The van der Waals surface area contributed by atoms with Crippen LogP contribution in [0.15, 0.2) is 18.2 Å². The number of hydrogen-bond donors (Lipinski definition) is 1. The van der Waals surface area contributed by atoms with E-state index in [0.29, 0.717) is 24.1 Å². The van der Waals surface area contributed by atoms with Crippen LogP contribution in [0, 0.1) is 0 Å². The number of hydrogen-bond acceptors (Lipinski definition) is 5. The molecule has 1 saturated carbocycles. The Kier molecular flexibility index (Phi) is 3.06. The van der Waals surface area contributed by atoms with Gasteiger partial charge in [-0.1, -0.05) is 0 Å². The smallest absolute Gasteiger partial charge is 0.182 e. The molecule has 0 atom stereocenters. The molecule has 0 amide bonds. The second-order valence-corrected chi connectivity index (χ2v) is 4.72. The molecule has 2 aromatic rings. The lowest BCUT2D eigenvalue weighted by Crippen LogP contribution is -2.19. The number of benzene rings is 1. The van der Waals surface area contributed by atoms with Gasteiger partial charge in [0.25, 0.3) is 0 Å². The monoisotopic (exact) mass is 259 g/mol. The van der Waals surface area contributed by atoms with E-state index in [1.54, 1.807) is 0 Å². The summed E-state index contributed by atoms with van der Waals surface area (Å²) < 4.78 is 7.34. The number of nitrogens with zero attached hydrogens (tertiary/aromatic N) is 4. The molecule has 1 fully saturated rings. The first-order valence-electron chi connectivity index (χ1n) is 6.60. The van der Waals surface area contributed by atoms with Crippen molar-refractivity contribution < 1.29 is 4.74 Å². The molecule has 2 N–H and O–H groups in total. The van der Waals surface area contributed by atoms with Crippen LogP contribution in [0.1, 0.15) is 32.2 Å². The van der Waals surface area contributed by atoms with Gasteiger partial charge in [-0.15, -0.1) is 5.10 Å². The zero-order chi connectivity index (χ0) is 13.2. The minimum atomic E-state index is 0.429. The number of nitrogens with two attached hydrogens (primary N) is 1. The van der Waals surface area contributed by atoms with E-state index in [-0.39, 0.29) is 0 Å². The first-order valence-corrected chi connectivity index (χ1v) is 6.60. The van der Waals surface area contributed by atoms with Crippen LogP contribution in [-0.4, -0.2) is 26.8 Å². The summed E-state index contributed by atoms with van der Waals surface area (Å²) in [4.78, 5) is 0. The van der Waals surface area contributed by atoms with Crippen molar-refractivity contribution in [3.05, 3.63) is 18.2 Å². The number of rotatable bonds is 4. The number of nitrogen functional groups attached to an aromatic ring is 1. The van der Waals surface area contributed by atoms with Crippen LogP contribution < -0.4 is 10.5 Å². The molecule has 1 aromatic carbocycles. The fraction of sp³-hybridized carbons (Fsp3) is 0.462. The number of tetrazole rings is 1. The normalized spacial score (nSPS) is 15.2. The zero-order valence-corrected chi connectivity index (χ0v) is 10.9. The molecule has 3 rings (SSSR count). The molecule has 0 bridgehead atoms. The third-order valence-corrected chi connectivity index (χ3v) is 3.48. The van der Waals surface area contributed by atoms with Crippen LogP contribution in [0.4, 0.5) is 5.69 Å². The highest BCUT2D eigenvalue weighted by Crippen LogP contribution is 2.34. The highest BCUT2D eigenvalue weighted by atomic mass is 16.5. The summed E-state index contributed by atoms with van der Waals surface area (Å²) >= 11 is 0. The molecule has 6 heteroatoms. The Morgan fingerprint density at radius 2 is 2.26 bits per heavy atom. The quantitative estimate of drug-likeness (QED) is 0.850. The first kappa shape index (κ1) is 12.0. The minimum absolute atomic E-state index is 0.429. The second kappa shape index (κ2) is 4.87. The maximum atomic E-state index is 5.98. The highest BCUT2D eigenvalue weighted by Gasteiger charge is 2.24.